The van der Waals surface area contributed by atoms with E-state index < -0.39 is 0 Å². The van der Waals surface area contributed by atoms with Crippen LogP contribution in [0.1, 0.15) is 5.56 Å². The minimum atomic E-state index is 0.220. The standard InChI is InChI=1S/C20H16N4O3/c25-15-3-1-2-14(9-15)16-11-23-20-19(21-6-7-24(16)20)22-10-13-4-5-17-18(8-13)27-12-26-17/h1-9,11,25H,10,12H2,(H,21,22). The van der Waals surface area contributed by atoms with E-state index in [1.165, 1.54) is 0 Å². The van der Waals surface area contributed by atoms with Crippen LogP contribution in [0, 0.1) is 0 Å². The molecule has 0 spiro atoms. The summed E-state index contributed by atoms with van der Waals surface area (Å²) in [7, 11) is 0. The van der Waals surface area contributed by atoms with E-state index >= 15 is 0 Å². The van der Waals surface area contributed by atoms with Crippen molar-refractivity contribution in [3.05, 3.63) is 66.6 Å². The molecule has 4 aromatic rings. The van der Waals surface area contributed by atoms with Gasteiger partial charge in [0.25, 0.3) is 0 Å². The normalized spacial score (nSPS) is 12.4. The minimum Gasteiger partial charge on any atom is -0.508 e. The molecule has 5 rings (SSSR count). The Morgan fingerprint density at radius 2 is 2.00 bits per heavy atom. The first kappa shape index (κ1) is 15.5. The summed E-state index contributed by atoms with van der Waals surface area (Å²) in [5.74, 6) is 2.43. The molecule has 27 heavy (non-hydrogen) atoms. The molecular formula is C20H16N4O3. The fourth-order valence-electron chi connectivity index (χ4n) is 3.16. The van der Waals surface area contributed by atoms with Gasteiger partial charge in [-0.25, -0.2) is 9.97 Å². The van der Waals surface area contributed by atoms with Crippen molar-refractivity contribution < 1.29 is 14.6 Å². The maximum absolute atomic E-state index is 9.74. The molecule has 0 saturated carbocycles. The fourth-order valence-corrected chi connectivity index (χ4v) is 3.16. The van der Waals surface area contributed by atoms with Gasteiger partial charge in [0.1, 0.15) is 5.75 Å². The number of nitrogens with one attached hydrogen (secondary N) is 1. The highest BCUT2D eigenvalue weighted by atomic mass is 16.7. The number of hydrogen-bond donors (Lipinski definition) is 2. The summed E-state index contributed by atoms with van der Waals surface area (Å²) in [6.45, 7) is 0.844. The van der Waals surface area contributed by atoms with Crippen molar-refractivity contribution >= 4 is 11.5 Å². The van der Waals surface area contributed by atoms with Gasteiger partial charge in [0.2, 0.25) is 6.79 Å². The molecule has 0 bridgehead atoms. The monoisotopic (exact) mass is 360 g/mol. The fraction of sp³-hybridized carbons (Fsp3) is 0.100. The number of phenolic OH excluding ortho intramolecular Hbond substituents is 1. The lowest BCUT2D eigenvalue weighted by Gasteiger charge is -2.08. The summed E-state index contributed by atoms with van der Waals surface area (Å²) in [6.07, 6.45) is 5.36. The molecule has 0 unspecified atom stereocenters. The molecule has 3 heterocycles. The van der Waals surface area contributed by atoms with Gasteiger partial charge in [0.05, 0.1) is 11.9 Å². The van der Waals surface area contributed by atoms with Gasteiger partial charge in [-0.3, -0.25) is 4.40 Å². The van der Waals surface area contributed by atoms with E-state index in [2.05, 4.69) is 15.3 Å². The predicted molar refractivity (Wildman–Crippen MR) is 100.0 cm³/mol. The van der Waals surface area contributed by atoms with Crippen molar-refractivity contribution in [1.82, 2.24) is 14.4 Å². The molecule has 2 aromatic carbocycles. The first-order chi connectivity index (χ1) is 13.3. The SMILES string of the molecule is Oc1cccc(-c2cnc3c(NCc4ccc5c(c4)OCO5)nccn23)c1. The second-order valence-electron chi connectivity index (χ2n) is 6.20. The number of aromatic nitrogens is 3. The van der Waals surface area contributed by atoms with E-state index in [0.29, 0.717) is 12.4 Å². The number of benzene rings is 2. The highest BCUT2D eigenvalue weighted by molar-refractivity contribution is 5.71. The molecular weight excluding hydrogens is 344 g/mol. The van der Waals surface area contributed by atoms with Gasteiger partial charge in [-0.05, 0) is 29.8 Å². The summed E-state index contributed by atoms with van der Waals surface area (Å²) < 4.78 is 12.7. The van der Waals surface area contributed by atoms with Crippen molar-refractivity contribution in [2.24, 2.45) is 0 Å². The number of nitrogens with zero attached hydrogens (tertiary/aromatic N) is 3. The third kappa shape index (κ3) is 2.79. The molecule has 7 heteroatoms. The first-order valence-corrected chi connectivity index (χ1v) is 8.52. The van der Waals surface area contributed by atoms with E-state index in [1.54, 1.807) is 24.5 Å². The van der Waals surface area contributed by atoms with Crippen LogP contribution in [-0.4, -0.2) is 26.3 Å². The molecule has 134 valence electrons. The van der Waals surface area contributed by atoms with Crippen LogP contribution >= 0.6 is 0 Å². The maximum Gasteiger partial charge on any atom is 0.231 e. The van der Waals surface area contributed by atoms with E-state index in [1.807, 2.05) is 40.9 Å². The van der Waals surface area contributed by atoms with Crippen LogP contribution in [0.5, 0.6) is 17.2 Å². The molecule has 0 radical (unpaired) electrons. The average molecular weight is 360 g/mol. The van der Waals surface area contributed by atoms with Crippen molar-refractivity contribution in [3.8, 4) is 28.5 Å². The Morgan fingerprint density at radius 1 is 1.07 bits per heavy atom. The minimum absolute atomic E-state index is 0.220. The highest BCUT2D eigenvalue weighted by Crippen LogP contribution is 2.33. The molecule has 2 aromatic heterocycles. The Labute approximate surface area is 154 Å². The molecule has 0 amide bonds. The predicted octanol–water partition coefficient (Wildman–Crippen LogP) is 3.44. The summed E-state index contributed by atoms with van der Waals surface area (Å²) >= 11 is 0. The van der Waals surface area contributed by atoms with Gasteiger partial charge in [0.15, 0.2) is 23.0 Å². The number of aromatic hydroxyl groups is 1. The van der Waals surface area contributed by atoms with Crippen molar-refractivity contribution in [1.29, 1.82) is 0 Å². The van der Waals surface area contributed by atoms with Gasteiger partial charge in [0, 0.05) is 24.5 Å². The Balaban J connectivity index is 1.44. The Kier molecular flexibility index (Phi) is 3.57. The second-order valence-corrected chi connectivity index (χ2v) is 6.20. The summed E-state index contributed by atoms with van der Waals surface area (Å²) in [4.78, 5) is 8.93. The van der Waals surface area contributed by atoms with Gasteiger partial charge in [-0.2, -0.15) is 0 Å². The summed E-state index contributed by atoms with van der Waals surface area (Å²) in [5, 5.41) is 13.1. The van der Waals surface area contributed by atoms with E-state index in [4.69, 9.17) is 9.47 Å². The maximum atomic E-state index is 9.74. The largest absolute Gasteiger partial charge is 0.508 e. The highest BCUT2D eigenvalue weighted by Gasteiger charge is 2.14. The Bertz CT molecular complexity index is 1140. The average Bonchev–Trinajstić information content (AvgIpc) is 3.33. The topological polar surface area (TPSA) is 80.9 Å². The van der Waals surface area contributed by atoms with Crippen LogP contribution in [0.2, 0.25) is 0 Å². The van der Waals surface area contributed by atoms with Gasteiger partial charge < -0.3 is 19.9 Å². The second kappa shape index (κ2) is 6.21. The van der Waals surface area contributed by atoms with Crippen molar-refractivity contribution in [3.63, 3.8) is 0 Å². The lowest BCUT2D eigenvalue weighted by molar-refractivity contribution is 0.174. The van der Waals surface area contributed by atoms with E-state index in [9.17, 15) is 5.11 Å². The van der Waals surface area contributed by atoms with Gasteiger partial charge in [-0.15, -0.1) is 0 Å². The number of fused-ring (bicyclic) bond motifs is 2. The van der Waals surface area contributed by atoms with Crippen molar-refractivity contribution in [2.45, 2.75) is 6.54 Å². The first-order valence-electron chi connectivity index (χ1n) is 8.52. The Hall–Kier alpha value is -3.74. The summed E-state index contributed by atoms with van der Waals surface area (Å²) in [6, 6.07) is 13.0. The quantitative estimate of drug-likeness (QED) is 0.580. The molecule has 0 aliphatic carbocycles. The van der Waals surface area contributed by atoms with Crippen LogP contribution in [0.25, 0.3) is 16.9 Å². The molecule has 0 atom stereocenters. The number of phenols is 1. The molecule has 0 fully saturated rings. The zero-order valence-electron chi connectivity index (χ0n) is 14.3. The van der Waals surface area contributed by atoms with E-state index in [0.717, 1.165) is 34.0 Å². The smallest absolute Gasteiger partial charge is 0.231 e. The third-order valence-electron chi connectivity index (χ3n) is 4.47. The molecule has 2 N–H and O–H groups in total. The van der Waals surface area contributed by atoms with Crippen LogP contribution < -0.4 is 14.8 Å². The lowest BCUT2D eigenvalue weighted by atomic mass is 10.1. The molecule has 7 nitrogen and oxygen atoms in total. The van der Waals surface area contributed by atoms with Crippen LogP contribution in [0.15, 0.2) is 61.1 Å². The Morgan fingerprint density at radius 3 is 2.93 bits per heavy atom. The summed E-state index contributed by atoms with van der Waals surface area (Å²) in [5.41, 5.74) is 3.55. The number of imidazole rings is 1. The van der Waals surface area contributed by atoms with Crippen molar-refractivity contribution in [2.75, 3.05) is 12.1 Å². The zero-order valence-corrected chi connectivity index (χ0v) is 14.3. The van der Waals surface area contributed by atoms with E-state index in [-0.39, 0.29) is 12.5 Å². The number of anilines is 1. The van der Waals surface area contributed by atoms with Crippen LogP contribution in [0.4, 0.5) is 5.82 Å². The van der Waals surface area contributed by atoms with Gasteiger partial charge in [-0.1, -0.05) is 18.2 Å². The molecule has 1 aliphatic rings. The number of rotatable bonds is 4. The number of hydrogen-bond acceptors (Lipinski definition) is 6. The lowest BCUT2D eigenvalue weighted by Crippen LogP contribution is -2.04. The molecule has 0 saturated heterocycles. The third-order valence-corrected chi connectivity index (χ3v) is 4.47. The molecule has 1 aliphatic heterocycles. The van der Waals surface area contributed by atoms with Crippen LogP contribution in [-0.2, 0) is 6.54 Å². The number of ether oxygens (including phenoxy) is 2. The zero-order chi connectivity index (χ0) is 18.2. The van der Waals surface area contributed by atoms with Gasteiger partial charge >= 0.3 is 0 Å². The van der Waals surface area contributed by atoms with Crippen LogP contribution in [0.3, 0.4) is 0 Å².